The van der Waals surface area contributed by atoms with E-state index in [1.54, 1.807) is 49.6 Å². The van der Waals surface area contributed by atoms with Gasteiger partial charge in [0.1, 0.15) is 0 Å². The van der Waals surface area contributed by atoms with Crippen LogP contribution in [0.3, 0.4) is 0 Å². The molecule has 0 amide bonds. The SMILES string of the molecule is Cc1ccncc1.Cc1ccncc1.Cn1ccnc1-c1nccn1C.Cn1ccnc1-c1nccn1C.[Cl-].[Cl-].[Cl-].[Os]. The van der Waals surface area contributed by atoms with E-state index >= 15 is 0 Å². The normalized spacial score (nSPS) is 8.90. The number of nitrogens with zero attached hydrogens (tertiary/aromatic N) is 10. The summed E-state index contributed by atoms with van der Waals surface area (Å²) in [6.07, 6.45) is 21.8. The molecule has 228 valence electrons. The molecule has 6 aromatic heterocycles. The van der Waals surface area contributed by atoms with Crippen LogP contribution in [0.25, 0.3) is 23.3 Å². The van der Waals surface area contributed by atoms with Crippen LogP contribution in [-0.2, 0) is 48.0 Å². The molecule has 6 rings (SSSR count). The molecule has 0 saturated heterocycles. The molecule has 0 spiro atoms. The molecule has 0 unspecified atom stereocenters. The van der Waals surface area contributed by atoms with Gasteiger partial charge in [-0.1, -0.05) is 0 Å². The summed E-state index contributed by atoms with van der Waals surface area (Å²) in [4.78, 5) is 24.5. The van der Waals surface area contributed by atoms with Gasteiger partial charge >= 0.3 is 0 Å². The Morgan fingerprint density at radius 2 is 0.619 bits per heavy atom. The minimum atomic E-state index is 0. The maximum atomic E-state index is 4.20. The first-order valence-corrected chi connectivity index (χ1v) is 12.0. The van der Waals surface area contributed by atoms with Gasteiger partial charge in [-0.2, -0.15) is 0 Å². The van der Waals surface area contributed by atoms with Crippen LogP contribution in [0.2, 0.25) is 0 Å². The molecule has 0 aliphatic carbocycles. The van der Waals surface area contributed by atoms with Crippen molar-refractivity contribution in [3.05, 3.63) is 110 Å². The third-order valence-corrected chi connectivity index (χ3v) is 5.38. The number of aryl methyl sites for hydroxylation is 6. The van der Waals surface area contributed by atoms with E-state index in [9.17, 15) is 0 Å². The number of halogens is 3. The number of hydrogen-bond acceptors (Lipinski definition) is 6. The molecule has 0 fully saturated rings. The summed E-state index contributed by atoms with van der Waals surface area (Å²) in [5, 5.41) is 0. The second-order valence-corrected chi connectivity index (χ2v) is 8.50. The van der Waals surface area contributed by atoms with Gasteiger partial charge in [-0.05, 0) is 49.2 Å². The van der Waals surface area contributed by atoms with Crippen LogP contribution >= 0.6 is 0 Å². The van der Waals surface area contributed by atoms with Gasteiger partial charge in [0.25, 0.3) is 0 Å². The Morgan fingerprint density at radius 3 is 0.738 bits per heavy atom. The van der Waals surface area contributed by atoms with E-state index in [4.69, 9.17) is 0 Å². The first-order valence-electron chi connectivity index (χ1n) is 12.0. The molecule has 0 aliphatic heterocycles. The number of aromatic nitrogens is 10. The maximum Gasteiger partial charge on any atom is 0.176 e. The Labute approximate surface area is 279 Å². The number of hydrogen-bond donors (Lipinski definition) is 0. The van der Waals surface area contributed by atoms with Gasteiger partial charge in [0.15, 0.2) is 23.3 Å². The van der Waals surface area contributed by atoms with Crippen LogP contribution < -0.4 is 37.2 Å². The van der Waals surface area contributed by atoms with Gasteiger partial charge in [-0.3, -0.25) is 9.97 Å². The number of pyridine rings is 2. The standard InChI is InChI=1S/2C8H10N4.2C6H7N.3ClH.Os/c2*1-11-5-3-9-7(11)8-10-4-6-12(8)2;2*1-6-2-4-7-5-3-6;;;;/h2*3-6H,1-2H3;2*2-5H,1H3;3*1H;/p-3. The zero-order chi connectivity index (χ0) is 27.3. The molecule has 6 heterocycles. The second-order valence-electron chi connectivity index (χ2n) is 8.50. The van der Waals surface area contributed by atoms with Gasteiger partial charge in [0.2, 0.25) is 0 Å². The van der Waals surface area contributed by atoms with E-state index in [0.29, 0.717) is 0 Å². The number of imidazole rings is 4. The van der Waals surface area contributed by atoms with E-state index in [-0.39, 0.29) is 57.0 Å². The molecule has 0 aliphatic rings. The molecular weight excluding hydrogens is 773 g/mol. The van der Waals surface area contributed by atoms with Crippen LogP contribution in [0, 0.1) is 13.8 Å². The Hall–Kier alpha value is -3.35. The molecule has 10 nitrogen and oxygen atoms in total. The van der Waals surface area contributed by atoms with Crippen LogP contribution in [-0.4, -0.2) is 48.2 Å². The third kappa shape index (κ3) is 12.7. The van der Waals surface area contributed by atoms with Crippen LogP contribution in [0.4, 0.5) is 0 Å². The molecule has 14 heteroatoms. The summed E-state index contributed by atoms with van der Waals surface area (Å²) >= 11 is 0. The Balaban J connectivity index is 0. The van der Waals surface area contributed by atoms with E-state index in [0.717, 1.165) is 23.3 Å². The Morgan fingerprint density at radius 1 is 0.405 bits per heavy atom. The van der Waals surface area contributed by atoms with E-state index in [1.807, 2.05) is 109 Å². The van der Waals surface area contributed by atoms with Crippen LogP contribution in [0.1, 0.15) is 11.1 Å². The molecule has 0 radical (unpaired) electrons. The minimum Gasteiger partial charge on any atom is -1.00 e. The van der Waals surface area contributed by atoms with Gasteiger partial charge in [-0.15, -0.1) is 0 Å². The predicted molar refractivity (Wildman–Crippen MR) is 149 cm³/mol. The van der Waals surface area contributed by atoms with Gasteiger partial charge in [0.05, 0.1) is 0 Å². The summed E-state index contributed by atoms with van der Waals surface area (Å²) in [5.74, 6) is 3.56. The fraction of sp³-hybridized carbons (Fsp3) is 0.214. The predicted octanol–water partition coefficient (Wildman–Crippen LogP) is -4.57. The molecule has 0 N–H and O–H groups in total. The van der Waals surface area contributed by atoms with Crippen molar-refractivity contribution in [2.75, 3.05) is 0 Å². The first kappa shape index (κ1) is 40.8. The van der Waals surface area contributed by atoms with Crippen molar-refractivity contribution in [2.24, 2.45) is 28.2 Å². The largest absolute Gasteiger partial charge is 1.00 e. The maximum absolute atomic E-state index is 4.20. The summed E-state index contributed by atoms with van der Waals surface area (Å²) < 4.78 is 7.79. The van der Waals surface area contributed by atoms with Crippen LogP contribution in [0.15, 0.2) is 98.6 Å². The van der Waals surface area contributed by atoms with Crippen molar-refractivity contribution >= 4 is 0 Å². The molecule has 0 atom stereocenters. The van der Waals surface area contributed by atoms with Crippen molar-refractivity contribution in [3.63, 3.8) is 0 Å². The van der Waals surface area contributed by atoms with Gasteiger partial charge in [-0.25, -0.2) is 19.9 Å². The summed E-state index contributed by atoms with van der Waals surface area (Å²) in [6.45, 7) is 4.09. The Kier molecular flexibility index (Phi) is 20.7. The summed E-state index contributed by atoms with van der Waals surface area (Å²) in [6, 6.07) is 7.89. The van der Waals surface area contributed by atoms with E-state index in [1.165, 1.54) is 11.1 Å². The van der Waals surface area contributed by atoms with Gasteiger partial charge in [0, 0.05) is 122 Å². The molecule has 6 aromatic rings. The minimum absolute atomic E-state index is 0. The first-order chi connectivity index (χ1) is 18.4. The summed E-state index contributed by atoms with van der Waals surface area (Å²) in [7, 11) is 7.82. The molecule has 0 aromatic carbocycles. The molecule has 0 saturated carbocycles. The Bertz CT molecular complexity index is 1310. The zero-order valence-corrected chi connectivity index (χ0v) is 29.0. The third-order valence-electron chi connectivity index (χ3n) is 5.38. The second kappa shape index (κ2) is 21.4. The topological polar surface area (TPSA) is 97.1 Å². The van der Waals surface area contributed by atoms with E-state index in [2.05, 4.69) is 29.9 Å². The van der Waals surface area contributed by atoms with E-state index < -0.39 is 0 Å². The average molecular weight is 807 g/mol. The van der Waals surface area contributed by atoms with Crippen LogP contribution in [0.5, 0.6) is 0 Å². The smallest absolute Gasteiger partial charge is 0.176 e. The fourth-order valence-electron chi connectivity index (χ4n) is 3.18. The van der Waals surface area contributed by atoms with Gasteiger partial charge < -0.3 is 55.5 Å². The molecular formula is C28H34Cl3N10Os-3. The van der Waals surface area contributed by atoms with Crippen molar-refractivity contribution in [3.8, 4) is 23.3 Å². The summed E-state index contributed by atoms with van der Waals surface area (Å²) in [5.41, 5.74) is 2.52. The fourth-order valence-corrected chi connectivity index (χ4v) is 3.18. The monoisotopic (exact) mass is 807 g/mol. The van der Waals surface area contributed by atoms with Crippen molar-refractivity contribution in [1.29, 1.82) is 0 Å². The van der Waals surface area contributed by atoms with Crippen molar-refractivity contribution in [2.45, 2.75) is 13.8 Å². The molecule has 42 heavy (non-hydrogen) atoms. The number of rotatable bonds is 2. The zero-order valence-electron chi connectivity index (χ0n) is 24.2. The quantitative estimate of drug-likeness (QED) is 0.175. The van der Waals surface area contributed by atoms with Crippen molar-refractivity contribution < 1.29 is 57.0 Å². The molecule has 0 bridgehead atoms. The average Bonchev–Trinajstić information content (AvgIpc) is 3.71. The van der Waals surface area contributed by atoms with Crippen molar-refractivity contribution in [1.82, 2.24) is 48.2 Å².